The van der Waals surface area contributed by atoms with Gasteiger partial charge in [-0.2, -0.15) is 0 Å². The molecule has 1 heterocycles. The molecule has 1 atom stereocenters. The summed E-state index contributed by atoms with van der Waals surface area (Å²) in [5, 5.41) is 3.25. The van der Waals surface area contributed by atoms with E-state index in [0.717, 1.165) is 12.3 Å². The number of thioether (sulfide) groups is 1. The number of carbonyl (C=O) groups is 1. The number of hydrogen-bond donors (Lipinski definition) is 1. The van der Waals surface area contributed by atoms with Crippen LogP contribution in [0.5, 0.6) is 0 Å². The topological polar surface area (TPSA) is 38.3 Å². The van der Waals surface area contributed by atoms with Crippen molar-refractivity contribution in [3.8, 4) is 0 Å². The molecule has 0 radical (unpaired) electrons. The van der Waals surface area contributed by atoms with Gasteiger partial charge in [0.05, 0.1) is 7.11 Å². The molecule has 76 valence electrons. The number of methoxy groups -OCH3 is 1. The van der Waals surface area contributed by atoms with E-state index < -0.39 is 4.87 Å². The molecule has 1 fully saturated rings. The number of nitrogens with one attached hydrogen (secondary N) is 1. The fourth-order valence-corrected chi connectivity index (χ4v) is 2.89. The van der Waals surface area contributed by atoms with Crippen molar-refractivity contribution in [1.29, 1.82) is 0 Å². The molecular weight excluding hydrogens is 186 g/mol. The minimum Gasteiger partial charge on any atom is -0.467 e. The lowest BCUT2D eigenvalue weighted by atomic mass is 9.86. The summed E-state index contributed by atoms with van der Waals surface area (Å²) in [6.45, 7) is 7.02. The summed E-state index contributed by atoms with van der Waals surface area (Å²) in [6, 6.07) is 0. The SMILES string of the molecule is COC(=O)[C@@]1(C(C)(C)C)NCCS1. The molecule has 0 aromatic carbocycles. The molecule has 0 bridgehead atoms. The molecule has 13 heavy (non-hydrogen) atoms. The number of rotatable bonds is 1. The van der Waals surface area contributed by atoms with Crippen LogP contribution in [0.25, 0.3) is 0 Å². The van der Waals surface area contributed by atoms with Gasteiger partial charge in [0, 0.05) is 17.7 Å². The van der Waals surface area contributed by atoms with Crippen molar-refractivity contribution in [3.05, 3.63) is 0 Å². The Hall–Kier alpha value is -0.220. The number of ether oxygens (including phenoxy) is 1. The third kappa shape index (κ3) is 1.70. The van der Waals surface area contributed by atoms with Gasteiger partial charge in [0.25, 0.3) is 0 Å². The van der Waals surface area contributed by atoms with E-state index in [1.165, 1.54) is 7.11 Å². The molecule has 3 nitrogen and oxygen atoms in total. The Balaban J connectivity index is 2.94. The Morgan fingerprint density at radius 3 is 2.46 bits per heavy atom. The van der Waals surface area contributed by atoms with Crippen LogP contribution in [0, 0.1) is 5.41 Å². The first-order valence-corrected chi connectivity index (χ1v) is 5.40. The molecule has 1 aliphatic rings. The van der Waals surface area contributed by atoms with Crippen LogP contribution in [0.4, 0.5) is 0 Å². The maximum atomic E-state index is 11.7. The second kappa shape index (κ2) is 3.50. The summed E-state index contributed by atoms with van der Waals surface area (Å²) >= 11 is 1.64. The molecule has 1 saturated heterocycles. The second-order valence-corrected chi connectivity index (χ2v) is 5.51. The molecular formula is C9H17NO2S. The standard InChI is InChI=1S/C9H17NO2S/c1-8(2,3)9(7(11)12-4)10-5-6-13-9/h10H,5-6H2,1-4H3/t9-/m1/s1. The van der Waals surface area contributed by atoms with E-state index in [1.807, 2.05) is 0 Å². The molecule has 0 amide bonds. The number of esters is 1. The molecule has 1 aliphatic heterocycles. The maximum Gasteiger partial charge on any atom is 0.337 e. The van der Waals surface area contributed by atoms with Crippen LogP contribution in [0.3, 0.4) is 0 Å². The molecule has 0 aliphatic carbocycles. The second-order valence-electron chi connectivity index (χ2n) is 4.20. The predicted molar refractivity (Wildman–Crippen MR) is 54.7 cm³/mol. The lowest BCUT2D eigenvalue weighted by Gasteiger charge is -2.38. The number of hydrogen-bond acceptors (Lipinski definition) is 4. The summed E-state index contributed by atoms with van der Waals surface area (Å²) in [5.74, 6) is 0.800. The van der Waals surface area contributed by atoms with Gasteiger partial charge >= 0.3 is 5.97 Å². The lowest BCUT2D eigenvalue weighted by molar-refractivity contribution is -0.147. The van der Waals surface area contributed by atoms with Crippen molar-refractivity contribution in [2.75, 3.05) is 19.4 Å². The van der Waals surface area contributed by atoms with E-state index in [-0.39, 0.29) is 11.4 Å². The van der Waals surface area contributed by atoms with Gasteiger partial charge in [0.2, 0.25) is 0 Å². The zero-order valence-corrected chi connectivity index (χ0v) is 9.46. The largest absolute Gasteiger partial charge is 0.467 e. The molecule has 0 aromatic heterocycles. The van der Waals surface area contributed by atoms with Crippen molar-refractivity contribution < 1.29 is 9.53 Å². The van der Waals surface area contributed by atoms with Crippen LogP contribution >= 0.6 is 11.8 Å². The first-order chi connectivity index (χ1) is 5.94. The van der Waals surface area contributed by atoms with E-state index in [2.05, 4.69) is 26.1 Å². The first-order valence-electron chi connectivity index (χ1n) is 4.41. The number of carbonyl (C=O) groups excluding carboxylic acids is 1. The van der Waals surface area contributed by atoms with Crippen molar-refractivity contribution in [3.63, 3.8) is 0 Å². The smallest absolute Gasteiger partial charge is 0.337 e. The van der Waals surface area contributed by atoms with Crippen molar-refractivity contribution in [2.45, 2.75) is 25.6 Å². The van der Waals surface area contributed by atoms with Crippen LogP contribution in [-0.2, 0) is 9.53 Å². The predicted octanol–water partition coefficient (Wildman–Crippen LogP) is 1.24. The average molecular weight is 203 g/mol. The van der Waals surface area contributed by atoms with Gasteiger partial charge in [-0.1, -0.05) is 20.8 Å². The quantitative estimate of drug-likeness (QED) is 0.651. The third-order valence-electron chi connectivity index (χ3n) is 2.32. The monoisotopic (exact) mass is 203 g/mol. The third-order valence-corrected chi connectivity index (χ3v) is 4.09. The zero-order chi connectivity index (χ0) is 10.1. The fourth-order valence-electron chi connectivity index (χ4n) is 1.54. The average Bonchev–Trinajstić information content (AvgIpc) is 2.50. The normalized spacial score (nSPS) is 28.9. The Morgan fingerprint density at radius 2 is 2.15 bits per heavy atom. The molecule has 1 N–H and O–H groups in total. The fraction of sp³-hybridized carbons (Fsp3) is 0.889. The molecule has 4 heteroatoms. The molecule has 0 unspecified atom stereocenters. The van der Waals surface area contributed by atoms with Gasteiger partial charge < -0.3 is 4.74 Å². The summed E-state index contributed by atoms with van der Waals surface area (Å²) in [4.78, 5) is 11.1. The molecule has 0 saturated carbocycles. The van der Waals surface area contributed by atoms with Crippen LogP contribution in [0.15, 0.2) is 0 Å². The van der Waals surface area contributed by atoms with Gasteiger partial charge in [0.15, 0.2) is 4.87 Å². The van der Waals surface area contributed by atoms with E-state index in [9.17, 15) is 4.79 Å². The van der Waals surface area contributed by atoms with E-state index >= 15 is 0 Å². The van der Waals surface area contributed by atoms with Crippen molar-refractivity contribution >= 4 is 17.7 Å². The van der Waals surface area contributed by atoms with Crippen LogP contribution in [0.1, 0.15) is 20.8 Å². The van der Waals surface area contributed by atoms with Crippen LogP contribution in [-0.4, -0.2) is 30.2 Å². The highest BCUT2D eigenvalue weighted by molar-refractivity contribution is 8.01. The van der Waals surface area contributed by atoms with Crippen molar-refractivity contribution in [2.24, 2.45) is 5.41 Å². The highest BCUT2D eigenvalue weighted by Crippen LogP contribution is 2.43. The van der Waals surface area contributed by atoms with Crippen molar-refractivity contribution in [1.82, 2.24) is 5.32 Å². The zero-order valence-electron chi connectivity index (χ0n) is 8.64. The molecule has 1 rings (SSSR count). The van der Waals surface area contributed by atoms with Gasteiger partial charge in [-0.25, -0.2) is 4.79 Å². The Morgan fingerprint density at radius 1 is 1.54 bits per heavy atom. The summed E-state index contributed by atoms with van der Waals surface area (Å²) in [7, 11) is 1.44. The Bertz CT molecular complexity index is 204. The Kier molecular flexibility index (Phi) is 2.92. The van der Waals surface area contributed by atoms with Gasteiger partial charge in [-0.05, 0) is 0 Å². The van der Waals surface area contributed by atoms with Crippen LogP contribution in [0.2, 0.25) is 0 Å². The Labute approximate surface area is 83.6 Å². The molecule has 0 aromatic rings. The van der Waals surface area contributed by atoms with Crippen LogP contribution < -0.4 is 5.32 Å². The maximum absolute atomic E-state index is 11.7. The molecule has 0 spiro atoms. The summed E-state index contributed by atoms with van der Waals surface area (Å²) in [5.41, 5.74) is -0.124. The highest BCUT2D eigenvalue weighted by Gasteiger charge is 2.52. The minimum atomic E-state index is -0.554. The van der Waals surface area contributed by atoms with E-state index in [1.54, 1.807) is 11.8 Å². The van der Waals surface area contributed by atoms with E-state index in [0.29, 0.717) is 0 Å². The lowest BCUT2D eigenvalue weighted by Crippen LogP contribution is -2.55. The first kappa shape index (κ1) is 10.9. The van der Waals surface area contributed by atoms with E-state index in [4.69, 9.17) is 4.74 Å². The highest BCUT2D eigenvalue weighted by atomic mass is 32.2. The minimum absolute atomic E-state index is 0.124. The van der Waals surface area contributed by atoms with Gasteiger partial charge in [-0.3, -0.25) is 5.32 Å². The van der Waals surface area contributed by atoms with Gasteiger partial charge in [-0.15, -0.1) is 11.8 Å². The van der Waals surface area contributed by atoms with Gasteiger partial charge in [0.1, 0.15) is 0 Å². The summed E-state index contributed by atoms with van der Waals surface area (Å²) in [6.07, 6.45) is 0. The summed E-state index contributed by atoms with van der Waals surface area (Å²) < 4.78 is 4.84.